The second-order valence-electron chi connectivity index (χ2n) is 6.96. The molecule has 0 unspecified atom stereocenters. The summed E-state index contributed by atoms with van der Waals surface area (Å²) in [5.74, 6) is 1.23. The average Bonchev–Trinajstić information content (AvgIpc) is 3.11. The second-order valence-corrected chi connectivity index (χ2v) is 6.96. The van der Waals surface area contributed by atoms with E-state index in [9.17, 15) is 9.59 Å². The first-order valence-corrected chi connectivity index (χ1v) is 9.41. The number of carbonyl (C=O) groups is 2. The summed E-state index contributed by atoms with van der Waals surface area (Å²) in [4.78, 5) is 28.5. The van der Waals surface area contributed by atoms with Crippen molar-refractivity contribution >= 4 is 17.8 Å². The van der Waals surface area contributed by atoms with Crippen LogP contribution in [0.2, 0.25) is 0 Å². The minimum Gasteiger partial charge on any atom is -0.496 e. The number of H-pyrrole nitrogens is 1. The lowest BCUT2D eigenvalue weighted by Gasteiger charge is -2.28. The van der Waals surface area contributed by atoms with Crippen LogP contribution < -0.4 is 21.1 Å². The predicted molar refractivity (Wildman–Crippen MR) is 103 cm³/mol. The van der Waals surface area contributed by atoms with Crippen molar-refractivity contribution in [3.63, 3.8) is 0 Å². The van der Waals surface area contributed by atoms with Crippen LogP contribution in [-0.4, -0.2) is 40.1 Å². The van der Waals surface area contributed by atoms with Crippen molar-refractivity contribution in [2.45, 2.75) is 44.7 Å². The van der Waals surface area contributed by atoms with Crippen LogP contribution in [0.25, 0.3) is 0 Å². The number of nitrogens with zero attached hydrogens (tertiary/aromatic N) is 2. The molecule has 150 valence electrons. The molecule has 3 rings (SSSR count). The molecule has 0 bridgehead atoms. The minimum atomic E-state index is -0.125. The van der Waals surface area contributed by atoms with Gasteiger partial charge in [-0.05, 0) is 31.7 Å². The molecule has 1 aliphatic rings. The van der Waals surface area contributed by atoms with Crippen molar-refractivity contribution in [2.24, 2.45) is 5.92 Å². The van der Waals surface area contributed by atoms with E-state index in [0.29, 0.717) is 12.4 Å². The number of nitrogen functional groups attached to an aromatic ring is 1. The van der Waals surface area contributed by atoms with Gasteiger partial charge in [0.1, 0.15) is 11.6 Å². The number of nitrogens with two attached hydrogens (primary N) is 1. The SMILES string of the molecule is COc1ccccc1CNC(=O)C1CCC(NC(=O)Cc2nc(N)n[nH]2)CC1. The van der Waals surface area contributed by atoms with Crippen LogP contribution >= 0.6 is 0 Å². The molecule has 1 fully saturated rings. The number of anilines is 1. The Bertz CT molecular complexity index is 814. The summed E-state index contributed by atoms with van der Waals surface area (Å²) in [5, 5.41) is 12.3. The highest BCUT2D eigenvalue weighted by molar-refractivity contribution is 5.79. The number of benzene rings is 1. The number of methoxy groups -OCH3 is 1. The monoisotopic (exact) mass is 386 g/mol. The molecule has 2 aromatic rings. The zero-order chi connectivity index (χ0) is 19.9. The molecule has 1 saturated carbocycles. The van der Waals surface area contributed by atoms with Crippen LogP contribution in [0.15, 0.2) is 24.3 Å². The van der Waals surface area contributed by atoms with Gasteiger partial charge in [-0.15, -0.1) is 5.10 Å². The molecule has 1 aliphatic carbocycles. The number of para-hydroxylation sites is 1. The predicted octanol–water partition coefficient (Wildman–Crippen LogP) is 0.929. The van der Waals surface area contributed by atoms with E-state index in [0.717, 1.165) is 37.0 Å². The van der Waals surface area contributed by atoms with Crippen molar-refractivity contribution in [3.05, 3.63) is 35.7 Å². The highest BCUT2D eigenvalue weighted by Crippen LogP contribution is 2.25. The number of amides is 2. The summed E-state index contributed by atoms with van der Waals surface area (Å²) in [6, 6.07) is 7.71. The van der Waals surface area contributed by atoms with E-state index in [1.54, 1.807) is 7.11 Å². The van der Waals surface area contributed by atoms with Crippen LogP contribution in [-0.2, 0) is 22.6 Å². The van der Waals surface area contributed by atoms with Crippen LogP contribution in [0, 0.1) is 5.92 Å². The summed E-state index contributed by atoms with van der Waals surface area (Å²) in [6.07, 6.45) is 3.16. The Morgan fingerprint density at radius 1 is 1.25 bits per heavy atom. The van der Waals surface area contributed by atoms with Crippen molar-refractivity contribution in [2.75, 3.05) is 12.8 Å². The summed E-state index contributed by atoms with van der Waals surface area (Å²) in [7, 11) is 1.62. The van der Waals surface area contributed by atoms with Gasteiger partial charge >= 0.3 is 0 Å². The molecule has 0 saturated heterocycles. The van der Waals surface area contributed by atoms with E-state index in [1.165, 1.54) is 0 Å². The molecular formula is C19H26N6O3. The van der Waals surface area contributed by atoms with Gasteiger partial charge < -0.3 is 21.1 Å². The van der Waals surface area contributed by atoms with Crippen LogP contribution in [0.3, 0.4) is 0 Å². The minimum absolute atomic E-state index is 0.0306. The van der Waals surface area contributed by atoms with Gasteiger partial charge in [0.05, 0.1) is 13.5 Å². The number of aromatic nitrogens is 3. The highest BCUT2D eigenvalue weighted by Gasteiger charge is 2.27. The molecule has 0 aliphatic heterocycles. The molecular weight excluding hydrogens is 360 g/mol. The van der Waals surface area contributed by atoms with E-state index in [4.69, 9.17) is 10.5 Å². The molecule has 2 amide bonds. The van der Waals surface area contributed by atoms with E-state index in [-0.39, 0.29) is 36.1 Å². The van der Waals surface area contributed by atoms with E-state index in [2.05, 4.69) is 25.8 Å². The first-order chi connectivity index (χ1) is 13.5. The fourth-order valence-corrected chi connectivity index (χ4v) is 3.50. The summed E-state index contributed by atoms with van der Waals surface area (Å²) in [5.41, 5.74) is 6.38. The smallest absolute Gasteiger partial charge is 0.239 e. The van der Waals surface area contributed by atoms with Crippen molar-refractivity contribution < 1.29 is 14.3 Å². The molecule has 9 heteroatoms. The van der Waals surface area contributed by atoms with Crippen LogP contribution in [0.4, 0.5) is 5.95 Å². The fraction of sp³-hybridized carbons (Fsp3) is 0.474. The number of ether oxygens (including phenoxy) is 1. The summed E-state index contributed by atoms with van der Waals surface area (Å²) < 4.78 is 5.31. The molecule has 1 aromatic carbocycles. The Kier molecular flexibility index (Phi) is 6.46. The van der Waals surface area contributed by atoms with Crippen LogP contribution in [0.1, 0.15) is 37.1 Å². The molecule has 1 heterocycles. The summed E-state index contributed by atoms with van der Waals surface area (Å²) >= 11 is 0. The average molecular weight is 386 g/mol. The van der Waals surface area contributed by atoms with Gasteiger partial charge in [-0.2, -0.15) is 4.98 Å². The molecule has 9 nitrogen and oxygen atoms in total. The second kappa shape index (κ2) is 9.20. The van der Waals surface area contributed by atoms with Crippen molar-refractivity contribution in [3.8, 4) is 5.75 Å². The van der Waals surface area contributed by atoms with E-state index in [1.807, 2.05) is 24.3 Å². The largest absolute Gasteiger partial charge is 0.496 e. The lowest BCUT2D eigenvalue weighted by Crippen LogP contribution is -2.41. The highest BCUT2D eigenvalue weighted by atomic mass is 16.5. The third-order valence-corrected chi connectivity index (χ3v) is 4.99. The number of aromatic amines is 1. The van der Waals surface area contributed by atoms with Gasteiger partial charge in [-0.3, -0.25) is 14.7 Å². The lowest BCUT2D eigenvalue weighted by molar-refractivity contribution is -0.126. The number of hydrogen-bond acceptors (Lipinski definition) is 6. The van der Waals surface area contributed by atoms with E-state index < -0.39 is 0 Å². The standard InChI is InChI=1S/C19H26N6O3/c1-28-15-5-3-2-4-13(15)11-21-18(27)12-6-8-14(9-7-12)22-17(26)10-16-23-19(20)25-24-16/h2-5,12,14H,6-11H2,1H3,(H,21,27)(H,22,26)(H3,20,23,24,25). The lowest BCUT2D eigenvalue weighted by atomic mass is 9.85. The Labute approximate surface area is 163 Å². The van der Waals surface area contributed by atoms with Gasteiger partial charge in [0.2, 0.25) is 17.8 Å². The maximum absolute atomic E-state index is 12.5. The number of hydrogen-bond donors (Lipinski definition) is 4. The topological polar surface area (TPSA) is 135 Å². The normalized spacial score (nSPS) is 19.0. The maximum atomic E-state index is 12.5. The molecule has 1 aromatic heterocycles. The Morgan fingerprint density at radius 3 is 2.68 bits per heavy atom. The molecule has 28 heavy (non-hydrogen) atoms. The fourth-order valence-electron chi connectivity index (χ4n) is 3.50. The number of nitrogens with one attached hydrogen (secondary N) is 3. The van der Waals surface area contributed by atoms with Gasteiger partial charge in [0.25, 0.3) is 0 Å². The quantitative estimate of drug-likeness (QED) is 0.559. The third kappa shape index (κ3) is 5.21. The van der Waals surface area contributed by atoms with Crippen LogP contribution in [0.5, 0.6) is 5.75 Å². The first-order valence-electron chi connectivity index (χ1n) is 9.41. The Balaban J connectivity index is 1.40. The number of carbonyl (C=O) groups excluding carboxylic acids is 2. The van der Waals surface area contributed by atoms with Gasteiger partial charge in [-0.1, -0.05) is 18.2 Å². The van der Waals surface area contributed by atoms with E-state index >= 15 is 0 Å². The van der Waals surface area contributed by atoms with Gasteiger partial charge in [-0.25, -0.2) is 0 Å². The Hall–Kier alpha value is -3.10. The third-order valence-electron chi connectivity index (χ3n) is 4.99. The molecule has 0 atom stereocenters. The summed E-state index contributed by atoms with van der Waals surface area (Å²) in [6.45, 7) is 0.444. The number of rotatable bonds is 7. The maximum Gasteiger partial charge on any atom is 0.239 e. The van der Waals surface area contributed by atoms with Crippen molar-refractivity contribution in [1.82, 2.24) is 25.8 Å². The van der Waals surface area contributed by atoms with Crippen molar-refractivity contribution in [1.29, 1.82) is 0 Å². The zero-order valence-electron chi connectivity index (χ0n) is 15.9. The Morgan fingerprint density at radius 2 is 2.00 bits per heavy atom. The van der Waals surface area contributed by atoms with Gasteiger partial charge in [0.15, 0.2) is 0 Å². The van der Waals surface area contributed by atoms with Gasteiger partial charge in [0, 0.05) is 24.1 Å². The first kappa shape index (κ1) is 19.7. The molecule has 0 spiro atoms. The molecule has 5 N–H and O–H groups in total. The zero-order valence-corrected chi connectivity index (χ0v) is 15.9. The molecule has 0 radical (unpaired) electrons.